The number of nitrogens with zero attached hydrogens (tertiary/aromatic N) is 1. The minimum atomic E-state index is -3.33. The topological polar surface area (TPSA) is 66.5 Å². The Morgan fingerprint density at radius 3 is 2.46 bits per heavy atom. The molecule has 0 unspecified atom stereocenters. The average molecular weight is 393 g/mol. The Balaban J connectivity index is 1.49. The highest BCUT2D eigenvalue weighted by Gasteiger charge is 2.31. The summed E-state index contributed by atoms with van der Waals surface area (Å²) in [6, 6.07) is 13.3. The standard InChI is InChI=1S/C19H24N2O3S2/c1-15-7-8-18(25-15)13-20-19(22)17-9-11-21(12-10-17)26(23,24)14-16-5-3-2-4-6-16/h2-8,17H,9-14H2,1H3,(H,20,22). The number of piperidine rings is 1. The van der Waals surface area contributed by atoms with Crippen LogP contribution in [0.2, 0.25) is 0 Å². The van der Waals surface area contributed by atoms with E-state index in [9.17, 15) is 13.2 Å². The van der Waals surface area contributed by atoms with Crippen LogP contribution in [0.4, 0.5) is 0 Å². The van der Waals surface area contributed by atoms with Gasteiger partial charge in [0.15, 0.2) is 0 Å². The highest BCUT2D eigenvalue weighted by Crippen LogP contribution is 2.22. The number of hydrogen-bond acceptors (Lipinski definition) is 4. The molecule has 1 fully saturated rings. The first-order valence-corrected chi connectivity index (χ1v) is 11.2. The number of sulfonamides is 1. The third-order valence-electron chi connectivity index (χ3n) is 4.64. The highest BCUT2D eigenvalue weighted by atomic mass is 32.2. The summed E-state index contributed by atoms with van der Waals surface area (Å²) in [7, 11) is -3.33. The van der Waals surface area contributed by atoms with Crippen LogP contribution in [0, 0.1) is 12.8 Å². The van der Waals surface area contributed by atoms with Crippen molar-refractivity contribution in [3.05, 3.63) is 57.8 Å². The minimum absolute atomic E-state index is 0.0163. The molecule has 1 N–H and O–H groups in total. The van der Waals surface area contributed by atoms with Gasteiger partial charge >= 0.3 is 0 Å². The molecule has 1 saturated heterocycles. The van der Waals surface area contributed by atoms with E-state index >= 15 is 0 Å². The summed E-state index contributed by atoms with van der Waals surface area (Å²) in [5.41, 5.74) is 0.790. The van der Waals surface area contributed by atoms with Gasteiger partial charge in [-0.25, -0.2) is 12.7 Å². The fourth-order valence-electron chi connectivity index (χ4n) is 3.17. The molecule has 1 amide bonds. The van der Waals surface area contributed by atoms with E-state index in [2.05, 4.69) is 5.32 Å². The molecule has 0 atom stereocenters. The second-order valence-corrected chi connectivity index (χ2v) is 9.99. The van der Waals surface area contributed by atoms with Gasteiger partial charge in [0.05, 0.1) is 12.3 Å². The Bertz CT molecular complexity index is 839. The van der Waals surface area contributed by atoms with Crippen molar-refractivity contribution in [1.29, 1.82) is 0 Å². The molecule has 2 aromatic rings. The van der Waals surface area contributed by atoms with Gasteiger partial charge in [-0.05, 0) is 37.5 Å². The van der Waals surface area contributed by atoms with Crippen LogP contribution in [0.3, 0.4) is 0 Å². The third kappa shape index (κ3) is 4.93. The Morgan fingerprint density at radius 2 is 1.85 bits per heavy atom. The van der Waals surface area contributed by atoms with Crippen LogP contribution in [0.5, 0.6) is 0 Å². The molecule has 1 aromatic heterocycles. The maximum absolute atomic E-state index is 12.6. The van der Waals surface area contributed by atoms with Crippen LogP contribution >= 0.6 is 11.3 Å². The van der Waals surface area contributed by atoms with Crippen LogP contribution in [-0.2, 0) is 27.1 Å². The van der Waals surface area contributed by atoms with Crippen molar-refractivity contribution in [2.45, 2.75) is 32.1 Å². The van der Waals surface area contributed by atoms with Crippen LogP contribution < -0.4 is 5.32 Å². The van der Waals surface area contributed by atoms with Gasteiger partial charge in [-0.15, -0.1) is 11.3 Å². The van der Waals surface area contributed by atoms with E-state index in [-0.39, 0.29) is 17.6 Å². The molecule has 0 bridgehead atoms. The van der Waals surface area contributed by atoms with Gasteiger partial charge in [0.2, 0.25) is 15.9 Å². The third-order valence-corrected chi connectivity index (χ3v) is 7.49. The molecule has 5 nitrogen and oxygen atoms in total. The molecule has 140 valence electrons. The highest BCUT2D eigenvalue weighted by molar-refractivity contribution is 7.88. The maximum Gasteiger partial charge on any atom is 0.223 e. The van der Waals surface area contributed by atoms with Crippen molar-refractivity contribution in [3.8, 4) is 0 Å². The maximum atomic E-state index is 12.6. The number of aryl methyl sites for hydroxylation is 1. The predicted molar refractivity (Wildman–Crippen MR) is 104 cm³/mol. The van der Waals surface area contributed by atoms with Crippen LogP contribution in [0.1, 0.15) is 28.2 Å². The summed E-state index contributed by atoms with van der Waals surface area (Å²) in [5.74, 6) is -0.0713. The zero-order valence-electron chi connectivity index (χ0n) is 14.8. The summed E-state index contributed by atoms with van der Waals surface area (Å²) >= 11 is 1.68. The molecule has 3 rings (SSSR count). The summed E-state index contributed by atoms with van der Waals surface area (Å²) < 4.78 is 26.7. The summed E-state index contributed by atoms with van der Waals surface area (Å²) in [5, 5.41) is 2.98. The second-order valence-electron chi connectivity index (χ2n) is 6.65. The zero-order chi connectivity index (χ0) is 18.6. The summed E-state index contributed by atoms with van der Waals surface area (Å²) in [4.78, 5) is 14.7. The lowest BCUT2D eigenvalue weighted by atomic mass is 9.97. The van der Waals surface area contributed by atoms with Crippen molar-refractivity contribution in [1.82, 2.24) is 9.62 Å². The predicted octanol–water partition coefficient (Wildman–Crippen LogP) is 2.91. The number of rotatable bonds is 6. The fraction of sp³-hybridized carbons (Fsp3) is 0.421. The number of nitrogens with one attached hydrogen (secondary N) is 1. The van der Waals surface area contributed by atoms with Crippen molar-refractivity contribution in [3.63, 3.8) is 0 Å². The SMILES string of the molecule is Cc1ccc(CNC(=O)C2CCN(S(=O)(=O)Cc3ccccc3)CC2)s1. The molecule has 0 spiro atoms. The van der Waals surface area contributed by atoms with Crippen LogP contribution in [-0.4, -0.2) is 31.7 Å². The first-order chi connectivity index (χ1) is 12.4. The lowest BCUT2D eigenvalue weighted by molar-refractivity contribution is -0.126. The fourth-order valence-corrected chi connectivity index (χ4v) is 5.56. The number of hydrogen-bond donors (Lipinski definition) is 1. The molecule has 1 aliphatic heterocycles. The van der Waals surface area contributed by atoms with Crippen LogP contribution in [0.15, 0.2) is 42.5 Å². The summed E-state index contributed by atoms with van der Waals surface area (Å²) in [6.07, 6.45) is 1.15. The number of carbonyl (C=O) groups excluding carboxylic acids is 1. The normalized spacial score (nSPS) is 16.5. The van der Waals surface area contributed by atoms with E-state index in [0.717, 1.165) is 10.4 Å². The Hall–Kier alpha value is -1.70. The van der Waals surface area contributed by atoms with Gasteiger partial charge in [0.1, 0.15) is 0 Å². The lowest BCUT2D eigenvalue weighted by Gasteiger charge is -2.30. The molecule has 0 saturated carbocycles. The van der Waals surface area contributed by atoms with Crippen molar-refractivity contribution in [2.75, 3.05) is 13.1 Å². The molecule has 7 heteroatoms. The van der Waals surface area contributed by atoms with Gasteiger partial charge in [-0.3, -0.25) is 4.79 Å². The Labute approximate surface area is 159 Å². The monoisotopic (exact) mass is 392 g/mol. The number of benzene rings is 1. The Morgan fingerprint density at radius 1 is 1.15 bits per heavy atom. The second kappa shape index (κ2) is 8.33. The van der Waals surface area contributed by atoms with E-state index in [1.807, 2.05) is 49.4 Å². The van der Waals surface area contributed by atoms with Crippen molar-refractivity contribution >= 4 is 27.3 Å². The van der Waals surface area contributed by atoms with Gasteiger partial charge < -0.3 is 5.32 Å². The van der Waals surface area contributed by atoms with Gasteiger partial charge in [0, 0.05) is 28.8 Å². The minimum Gasteiger partial charge on any atom is -0.351 e. The smallest absolute Gasteiger partial charge is 0.223 e. The number of carbonyl (C=O) groups is 1. The van der Waals surface area contributed by atoms with E-state index in [0.29, 0.717) is 32.5 Å². The molecule has 2 heterocycles. The van der Waals surface area contributed by atoms with E-state index in [1.165, 1.54) is 9.18 Å². The van der Waals surface area contributed by atoms with Gasteiger partial charge in [-0.2, -0.15) is 0 Å². The molecule has 26 heavy (non-hydrogen) atoms. The van der Waals surface area contributed by atoms with E-state index in [4.69, 9.17) is 0 Å². The van der Waals surface area contributed by atoms with Crippen molar-refractivity contribution in [2.24, 2.45) is 5.92 Å². The average Bonchev–Trinajstić information content (AvgIpc) is 3.05. The largest absolute Gasteiger partial charge is 0.351 e. The molecular weight excluding hydrogens is 368 g/mol. The quantitative estimate of drug-likeness (QED) is 0.822. The molecule has 1 aromatic carbocycles. The molecular formula is C19H24N2O3S2. The lowest BCUT2D eigenvalue weighted by Crippen LogP contribution is -2.43. The van der Waals surface area contributed by atoms with E-state index < -0.39 is 10.0 Å². The molecule has 0 aliphatic carbocycles. The molecule has 0 radical (unpaired) electrons. The Kier molecular flexibility index (Phi) is 6.11. The van der Waals surface area contributed by atoms with Crippen molar-refractivity contribution < 1.29 is 13.2 Å². The number of thiophene rings is 1. The first-order valence-electron chi connectivity index (χ1n) is 8.79. The van der Waals surface area contributed by atoms with Gasteiger partial charge in [0.25, 0.3) is 0 Å². The van der Waals surface area contributed by atoms with Crippen LogP contribution in [0.25, 0.3) is 0 Å². The first kappa shape index (κ1) is 19.1. The number of amides is 1. The molecule has 1 aliphatic rings. The van der Waals surface area contributed by atoms with E-state index in [1.54, 1.807) is 11.3 Å². The summed E-state index contributed by atoms with van der Waals surface area (Å²) in [6.45, 7) is 3.40. The zero-order valence-corrected chi connectivity index (χ0v) is 16.5. The van der Waals surface area contributed by atoms with Gasteiger partial charge in [-0.1, -0.05) is 30.3 Å².